The van der Waals surface area contributed by atoms with Crippen LogP contribution in [0.25, 0.3) is 0 Å². The van der Waals surface area contributed by atoms with E-state index in [1.165, 1.54) is 11.8 Å². The lowest BCUT2D eigenvalue weighted by atomic mass is 10.3. The zero-order valence-corrected chi connectivity index (χ0v) is 11.4. The van der Waals surface area contributed by atoms with Gasteiger partial charge in [0, 0.05) is 20.3 Å². The van der Waals surface area contributed by atoms with E-state index in [4.69, 9.17) is 0 Å². The monoisotopic (exact) mass is 261 g/mol. The lowest BCUT2D eigenvalue weighted by molar-refractivity contribution is -0.113. The van der Waals surface area contributed by atoms with Crippen molar-refractivity contribution in [3.05, 3.63) is 42.2 Å². The first-order chi connectivity index (χ1) is 8.63. The molecule has 5 heteroatoms. The van der Waals surface area contributed by atoms with Crippen molar-refractivity contribution in [3.8, 4) is 0 Å². The highest BCUT2D eigenvalue weighted by atomic mass is 32.2. The van der Waals surface area contributed by atoms with Crippen LogP contribution in [0.1, 0.15) is 0 Å². The summed E-state index contributed by atoms with van der Waals surface area (Å²) in [5.41, 5.74) is 1.31. The van der Waals surface area contributed by atoms with Gasteiger partial charge in [0.25, 0.3) is 5.91 Å². The highest BCUT2D eigenvalue weighted by molar-refractivity contribution is 8.13. The number of amides is 1. The molecule has 0 bridgehead atoms. The van der Waals surface area contributed by atoms with E-state index in [0.717, 1.165) is 5.69 Å². The van der Waals surface area contributed by atoms with Crippen LogP contribution in [0.5, 0.6) is 0 Å². The van der Waals surface area contributed by atoms with Crippen LogP contribution in [-0.4, -0.2) is 36.3 Å². The summed E-state index contributed by atoms with van der Waals surface area (Å²) in [5.74, 6) is -0.0840. The second kappa shape index (κ2) is 5.27. The van der Waals surface area contributed by atoms with E-state index in [-0.39, 0.29) is 5.91 Å². The lowest BCUT2D eigenvalue weighted by Crippen LogP contribution is -2.30. The smallest absolute Gasteiger partial charge is 0.284 e. The molecule has 0 N–H and O–H groups in total. The quantitative estimate of drug-likeness (QED) is 0.765. The third kappa shape index (κ3) is 2.41. The van der Waals surface area contributed by atoms with E-state index >= 15 is 0 Å². The lowest BCUT2D eigenvalue weighted by Gasteiger charge is -2.16. The molecule has 0 unspecified atom stereocenters. The van der Waals surface area contributed by atoms with Gasteiger partial charge >= 0.3 is 0 Å². The van der Waals surface area contributed by atoms with Crippen molar-refractivity contribution in [2.75, 3.05) is 25.3 Å². The fourth-order valence-corrected chi connectivity index (χ4v) is 2.23. The van der Waals surface area contributed by atoms with Crippen molar-refractivity contribution in [1.82, 2.24) is 4.90 Å². The van der Waals surface area contributed by atoms with Crippen molar-refractivity contribution in [3.63, 3.8) is 0 Å². The second-order valence-electron chi connectivity index (χ2n) is 4.05. The number of hydrogen-bond acceptors (Lipinski definition) is 4. The number of thioether (sulfide) groups is 1. The van der Waals surface area contributed by atoms with Gasteiger partial charge in [-0.05, 0) is 18.4 Å². The number of benzene rings is 1. The first kappa shape index (κ1) is 12.7. The van der Waals surface area contributed by atoms with Gasteiger partial charge in [0.15, 0.2) is 5.17 Å². The van der Waals surface area contributed by atoms with Gasteiger partial charge in [-0.15, -0.1) is 0 Å². The summed E-state index contributed by atoms with van der Waals surface area (Å²) >= 11 is 1.47. The van der Waals surface area contributed by atoms with Gasteiger partial charge < -0.3 is 4.90 Å². The van der Waals surface area contributed by atoms with Crippen molar-refractivity contribution in [2.24, 2.45) is 4.99 Å². The summed E-state index contributed by atoms with van der Waals surface area (Å²) in [6, 6.07) is 9.56. The van der Waals surface area contributed by atoms with Crippen LogP contribution in [0.3, 0.4) is 0 Å². The van der Waals surface area contributed by atoms with Crippen LogP contribution in [0, 0.1) is 0 Å². The Bertz CT molecular complexity index is 508. The van der Waals surface area contributed by atoms with Gasteiger partial charge in [-0.1, -0.05) is 30.0 Å². The molecule has 1 aromatic rings. The highest BCUT2D eigenvalue weighted by Gasteiger charge is 2.31. The molecule has 0 saturated heterocycles. The summed E-state index contributed by atoms with van der Waals surface area (Å²) in [6.45, 7) is 0. The topological polar surface area (TPSA) is 35.9 Å². The van der Waals surface area contributed by atoms with E-state index in [9.17, 15) is 4.79 Å². The van der Waals surface area contributed by atoms with Crippen molar-refractivity contribution in [2.45, 2.75) is 0 Å². The van der Waals surface area contributed by atoms with E-state index in [1.807, 2.05) is 55.6 Å². The normalized spacial score (nSPS) is 17.3. The number of anilines is 1. The Balaban J connectivity index is 2.39. The zero-order chi connectivity index (χ0) is 13.1. The summed E-state index contributed by atoms with van der Waals surface area (Å²) in [6.07, 6.45) is 3.65. The molecule has 0 fully saturated rings. The van der Waals surface area contributed by atoms with Crippen molar-refractivity contribution < 1.29 is 4.79 Å². The SMILES string of the molecule is CSC1=N/C(=C\N(C)C)C(=O)N1c1ccccc1. The van der Waals surface area contributed by atoms with Crippen LogP contribution < -0.4 is 4.90 Å². The molecule has 4 nitrogen and oxygen atoms in total. The number of carbonyl (C=O) groups is 1. The maximum atomic E-state index is 12.3. The number of amidine groups is 1. The Morgan fingerprint density at radius 1 is 1.28 bits per heavy atom. The third-order valence-electron chi connectivity index (χ3n) is 2.41. The number of carbonyl (C=O) groups excluding carboxylic acids is 1. The number of para-hydroxylation sites is 1. The molecule has 2 rings (SSSR count). The Hall–Kier alpha value is -1.75. The first-order valence-corrected chi connectivity index (χ1v) is 6.76. The molecule has 0 aliphatic carbocycles. The molecule has 94 valence electrons. The van der Waals surface area contributed by atoms with E-state index < -0.39 is 0 Å². The molecule has 1 aromatic carbocycles. The standard InChI is InChI=1S/C13H15N3OS/c1-15(2)9-11-12(17)16(13(14-11)18-3)10-7-5-4-6-8-10/h4-9H,1-3H3/b11-9-. The third-order valence-corrected chi connectivity index (χ3v) is 3.05. The Kier molecular flexibility index (Phi) is 3.72. The van der Waals surface area contributed by atoms with E-state index in [1.54, 1.807) is 11.1 Å². The molecule has 0 spiro atoms. The molecular formula is C13H15N3OS. The van der Waals surface area contributed by atoms with Crippen molar-refractivity contribution in [1.29, 1.82) is 0 Å². The molecule has 0 saturated carbocycles. The largest absolute Gasteiger partial charge is 0.382 e. The van der Waals surface area contributed by atoms with Gasteiger partial charge in [0.2, 0.25) is 0 Å². The number of rotatable bonds is 2. The van der Waals surface area contributed by atoms with E-state index in [0.29, 0.717) is 10.9 Å². The molecule has 1 heterocycles. The first-order valence-electron chi connectivity index (χ1n) is 5.54. The summed E-state index contributed by atoms with van der Waals surface area (Å²) in [5, 5.41) is 0.708. The molecule has 1 amide bonds. The van der Waals surface area contributed by atoms with Gasteiger partial charge in [0.05, 0.1) is 5.69 Å². The molecular weight excluding hydrogens is 246 g/mol. The minimum atomic E-state index is -0.0840. The Labute approximate surface area is 111 Å². The predicted octanol–water partition coefficient (Wildman–Crippen LogP) is 2.16. The zero-order valence-electron chi connectivity index (χ0n) is 10.6. The van der Waals surface area contributed by atoms with Crippen LogP contribution >= 0.6 is 11.8 Å². The van der Waals surface area contributed by atoms with Gasteiger partial charge in [0.1, 0.15) is 5.70 Å². The van der Waals surface area contributed by atoms with E-state index in [2.05, 4.69) is 4.99 Å². The molecule has 1 aliphatic heterocycles. The van der Waals surface area contributed by atoms with Gasteiger partial charge in [-0.3, -0.25) is 9.69 Å². The summed E-state index contributed by atoms with van der Waals surface area (Å²) in [7, 11) is 3.75. The Morgan fingerprint density at radius 2 is 1.94 bits per heavy atom. The number of hydrogen-bond donors (Lipinski definition) is 0. The molecule has 0 radical (unpaired) electrons. The molecule has 0 aromatic heterocycles. The molecule has 18 heavy (non-hydrogen) atoms. The summed E-state index contributed by atoms with van der Waals surface area (Å²) in [4.78, 5) is 20.1. The average Bonchev–Trinajstić information content (AvgIpc) is 2.66. The highest BCUT2D eigenvalue weighted by Crippen LogP contribution is 2.26. The van der Waals surface area contributed by atoms with Crippen LogP contribution in [0.15, 0.2) is 47.2 Å². The minimum absolute atomic E-state index is 0.0840. The molecule has 0 atom stereocenters. The van der Waals surface area contributed by atoms with Crippen LogP contribution in [0.4, 0.5) is 5.69 Å². The Morgan fingerprint density at radius 3 is 2.50 bits per heavy atom. The summed E-state index contributed by atoms with van der Waals surface area (Å²) < 4.78 is 0. The molecule has 1 aliphatic rings. The maximum Gasteiger partial charge on any atom is 0.284 e. The fraction of sp³-hybridized carbons (Fsp3) is 0.231. The maximum absolute atomic E-state index is 12.3. The number of aliphatic imine (C=N–C) groups is 1. The van der Waals surface area contributed by atoms with Crippen LogP contribution in [0.2, 0.25) is 0 Å². The van der Waals surface area contributed by atoms with Crippen LogP contribution in [-0.2, 0) is 4.79 Å². The number of nitrogens with zero attached hydrogens (tertiary/aromatic N) is 3. The minimum Gasteiger partial charge on any atom is -0.382 e. The predicted molar refractivity (Wildman–Crippen MR) is 76.6 cm³/mol. The van der Waals surface area contributed by atoms with Crippen molar-refractivity contribution >= 4 is 28.5 Å². The second-order valence-corrected chi connectivity index (χ2v) is 4.83. The van der Waals surface area contributed by atoms with Gasteiger partial charge in [-0.2, -0.15) is 0 Å². The average molecular weight is 261 g/mol. The fourth-order valence-electron chi connectivity index (χ4n) is 1.67. The van der Waals surface area contributed by atoms with Gasteiger partial charge in [-0.25, -0.2) is 4.99 Å².